The molecule has 2 aliphatic heterocycles. The number of aliphatic hydroxyl groups excluding tert-OH is 1. The Balaban J connectivity index is 1.27. The molecule has 1 aromatic heterocycles. The molecule has 4 aromatic rings. The number of halogens is 2. The second-order valence-corrected chi connectivity index (χ2v) is 13.0. The average Bonchev–Trinajstić information content (AvgIpc) is 3.49. The number of aliphatic hydroxyl groups is 1. The number of benzene rings is 3. The Morgan fingerprint density at radius 3 is 2.40 bits per heavy atom. The molecule has 47 heavy (non-hydrogen) atoms. The quantitative estimate of drug-likeness (QED) is 0.167. The van der Waals surface area contributed by atoms with Gasteiger partial charge in [0.1, 0.15) is 5.75 Å². The van der Waals surface area contributed by atoms with Crippen molar-refractivity contribution in [2.75, 3.05) is 33.9 Å². The number of rotatable bonds is 11. The van der Waals surface area contributed by atoms with Crippen LogP contribution in [0.5, 0.6) is 11.6 Å². The summed E-state index contributed by atoms with van der Waals surface area (Å²) in [6, 6.07) is 20.2. The molecule has 0 aliphatic carbocycles. The first-order chi connectivity index (χ1) is 22.7. The number of aromatic nitrogens is 1. The van der Waals surface area contributed by atoms with E-state index in [2.05, 4.69) is 21.6 Å². The third kappa shape index (κ3) is 7.27. The molecule has 0 saturated carbocycles. The highest BCUT2D eigenvalue weighted by Gasteiger charge is 2.24. The predicted molar refractivity (Wildman–Crippen MR) is 187 cm³/mol. The van der Waals surface area contributed by atoms with Gasteiger partial charge in [-0.05, 0) is 43.0 Å². The molecule has 1 saturated heterocycles. The van der Waals surface area contributed by atoms with Crippen LogP contribution in [0.2, 0.25) is 10.0 Å². The van der Waals surface area contributed by atoms with Gasteiger partial charge in [0, 0.05) is 78.6 Å². The lowest BCUT2D eigenvalue weighted by Gasteiger charge is -2.31. The molecule has 2 unspecified atom stereocenters. The molecule has 246 valence electrons. The Kier molecular flexibility index (Phi) is 10.3. The summed E-state index contributed by atoms with van der Waals surface area (Å²) in [6.07, 6.45) is 1.90. The summed E-state index contributed by atoms with van der Waals surface area (Å²) in [7, 11) is 3.30. The number of hydrogen-bond acceptors (Lipinski definition) is 7. The fourth-order valence-corrected chi connectivity index (χ4v) is 7.26. The topological polar surface area (TPSA) is 96.0 Å². The molecule has 2 aliphatic rings. The minimum atomic E-state index is -0.382. The molecule has 8 nitrogen and oxygen atoms in total. The molecular weight excluding hydrogens is 635 g/mol. The van der Waals surface area contributed by atoms with Crippen molar-refractivity contribution in [3.63, 3.8) is 0 Å². The van der Waals surface area contributed by atoms with E-state index < -0.39 is 0 Å². The predicted octanol–water partition coefficient (Wildman–Crippen LogP) is 6.51. The third-order valence-electron chi connectivity index (χ3n) is 8.92. The van der Waals surface area contributed by atoms with Crippen LogP contribution in [0.4, 0.5) is 0 Å². The molecule has 0 radical (unpaired) electrons. The number of ether oxygens (including phenoxy) is 2. The first-order valence-electron chi connectivity index (χ1n) is 16.0. The SMILES string of the molecule is COc1cc(-c2cccc(-c3cccc(-c4ccc(CNCC5CCC(=O)N5)c(OC)n4)c3Cl)c2Cl)cc2c1CN(CC(C)O)CC2. The van der Waals surface area contributed by atoms with Crippen LogP contribution in [0, 0.1) is 0 Å². The lowest BCUT2D eigenvalue weighted by Crippen LogP contribution is -2.35. The van der Waals surface area contributed by atoms with Gasteiger partial charge >= 0.3 is 0 Å². The maximum atomic E-state index is 11.5. The van der Waals surface area contributed by atoms with Crippen molar-refractivity contribution in [1.29, 1.82) is 0 Å². The normalized spacial score (nSPS) is 16.9. The fraction of sp³-hybridized carbons (Fsp3) is 0.351. The Morgan fingerprint density at radius 1 is 1.00 bits per heavy atom. The minimum absolute atomic E-state index is 0.105. The van der Waals surface area contributed by atoms with E-state index in [1.807, 2.05) is 61.5 Å². The zero-order valence-corrected chi connectivity index (χ0v) is 28.4. The van der Waals surface area contributed by atoms with Crippen LogP contribution in [0.3, 0.4) is 0 Å². The smallest absolute Gasteiger partial charge is 0.220 e. The van der Waals surface area contributed by atoms with Crippen molar-refractivity contribution in [2.45, 2.75) is 51.4 Å². The van der Waals surface area contributed by atoms with Crippen LogP contribution >= 0.6 is 23.2 Å². The number of carbonyl (C=O) groups excluding carboxylic acids is 1. The van der Waals surface area contributed by atoms with Crippen molar-refractivity contribution in [1.82, 2.24) is 20.5 Å². The largest absolute Gasteiger partial charge is 0.496 e. The molecule has 3 aromatic carbocycles. The second-order valence-electron chi connectivity index (χ2n) is 12.3. The Morgan fingerprint density at radius 2 is 1.72 bits per heavy atom. The number of β-amino-alcohol motifs (C(OH)–C–C–N with tert-alkyl or cyclic N) is 1. The van der Waals surface area contributed by atoms with Gasteiger partial charge < -0.3 is 25.2 Å². The zero-order valence-electron chi connectivity index (χ0n) is 26.9. The van der Waals surface area contributed by atoms with Gasteiger partial charge in [0.2, 0.25) is 11.8 Å². The van der Waals surface area contributed by atoms with Crippen LogP contribution in [0.15, 0.2) is 60.7 Å². The number of nitrogens with one attached hydrogen (secondary N) is 2. The molecule has 3 N–H and O–H groups in total. The van der Waals surface area contributed by atoms with Crippen molar-refractivity contribution in [2.24, 2.45) is 0 Å². The molecule has 1 fully saturated rings. The number of fused-ring (bicyclic) bond motifs is 1. The van der Waals surface area contributed by atoms with Crippen LogP contribution in [0.1, 0.15) is 36.5 Å². The first kappa shape index (κ1) is 33.2. The van der Waals surface area contributed by atoms with E-state index in [0.717, 1.165) is 70.6 Å². The summed E-state index contributed by atoms with van der Waals surface area (Å²) >= 11 is 14.3. The van der Waals surface area contributed by atoms with E-state index in [0.29, 0.717) is 47.7 Å². The molecule has 10 heteroatoms. The summed E-state index contributed by atoms with van der Waals surface area (Å²) in [4.78, 5) is 18.6. The van der Waals surface area contributed by atoms with Crippen molar-refractivity contribution in [3.05, 3.63) is 87.4 Å². The number of methoxy groups -OCH3 is 2. The van der Waals surface area contributed by atoms with Gasteiger partial charge in [0.25, 0.3) is 0 Å². The average molecular weight is 676 g/mol. The monoisotopic (exact) mass is 674 g/mol. The van der Waals surface area contributed by atoms with Gasteiger partial charge in [-0.25, -0.2) is 4.98 Å². The second kappa shape index (κ2) is 14.6. The molecule has 0 spiro atoms. The number of pyridine rings is 1. The Hall–Kier alpha value is -3.66. The maximum absolute atomic E-state index is 11.5. The van der Waals surface area contributed by atoms with Gasteiger partial charge in [-0.1, -0.05) is 71.7 Å². The summed E-state index contributed by atoms with van der Waals surface area (Å²) in [5.41, 5.74) is 8.26. The lowest BCUT2D eigenvalue weighted by molar-refractivity contribution is -0.119. The van der Waals surface area contributed by atoms with Crippen LogP contribution in [-0.2, 0) is 24.3 Å². The van der Waals surface area contributed by atoms with Crippen LogP contribution in [-0.4, -0.2) is 66.9 Å². The number of nitrogens with zero attached hydrogens (tertiary/aromatic N) is 2. The number of carbonyl (C=O) groups is 1. The lowest BCUT2D eigenvalue weighted by atomic mass is 9.91. The van der Waals surface area contributed by atoms with E-state index in [1.165, 1.54) is 5.56 Å². The standard InChI is InChI=1S/C37H40Cl2N4O4/c1-22(44)20-43-15-14-23-16-25(17-33(46-2)31(23)21-43)27-6-4-7-28(35(27)38)29-8-5-9-30(36(29)39)32-12-10-24(37(42-32)47-3)18-40-19-26-11-13-34(45)41-26/h4-10,12,16-17,22,26,40,44H,11,13-15,18-21H2,1-3H3,(H,41,45). The van der Waals surface area contributed by atoms with E-state index in [-0.39, 0.29) is 18.1 Å². The van der Waals surface area contributed by atoms with E-state index in [1.54, 1.807) is 14.2 Å². The summed E-state index contributed by atoms with van der Waals surface area (Å²) in [5.74, 6) is 1.44. The van der Waals surface area contributed by atoms with Crippen LogP contribution in [0.25, 0.3) is 33.5 Å². The molecule has 0 bridgehead atoms. The highest BCUT2D eigenvalue weighted by Crippen LogP contribution is 2.44. The fourth-order valence-electron chi connectivity index (χ4n) is 6.60. The molecule has 6 rings (SSSR count). The van der Waals surface area contributed by atoms with E-state index >= 15 is 0 Å². The first-order valence-corrected chi connectivity index (χ1v) is 16.7. The molecule has 3 heterocycles. The van der Waals surface area contributed by atoms with Gasteiger partial charge in [-0.3, -0.25) is 9.69 Å². The van der Waals surface area contributed by atoms with Crippen molar-refractivity contribution >= 4 is 29.1 Å². The van der Waals surface area contributed by atoms with Crippen molar-refractivity contribution in [3.8, 4) is 45.1 Å². The third-order valence-corrected chi connectivity index (χ3v) is 9.74. The molecular formula is C37H40Cl2N4O4. The molecule has 1 amide bonds. The van der Waals surface area contributed by atoms with E-state index in [9.17, 15) is 9.90 Å². The van der Waals surface area contributed by atoms with Crippen molar-refractivity contribution < 1.29 is 19.4 Å². The Labute approximate surface area is 286 Å². The molecule has 2 atom stereocenters. The van der Waals surface area contributed by atoms with Gasteiger partial charge in [-0.2, -0.15) is 0 Å². The maximum Gasteiger partial charge on any atom is 0.220 e. The Bertz CT molecular complexity index is 1760. The highest BCUT2D eigenvalue weighted by molar-refractivity contribution is 6.39. The summed E-state index contributed by atoms with van der Waals surface area (Å²) in [6.45, 7) is 5.30. The van der Waals surface area contributed by atoms with Gasteiger partial charge in [-0.15, -0.1) is 0 Å². The number of hydrogen-bond donors (Lipinski definition) is 3. The van der Waals surface area contributed by atoms with Gasteiger partial charge in [0.15, 0.2) is 0 Å². The number of amides is 1. The van der Waals surface area contributed by atoms with E-state index in [4.69, 9.17) is 37.7 Å². The summed E-state index contributed by atoms with van der Waals surface area (Å²) < 4.78 is 11.5. The van der Waals surface area contributed by atoms with Gasteiger partial charge in [0.05, 0.1) is 36.1 Å². The summed E-state index contributed by atoms with van der Waals surface area (Å²) in [5, 5.41) is 17.4. The highest BCUT2D eigenvalue weighted by atomic mass is 35.5. The minimum Gasteiger partial charge on any atom is -0.496 e. The van der Waals surface area contributed by atoms with Crippen LogP contribution < -0.4 is 20.1 Å². The zero-order chi connectivity index (χ0) is 33.1.